The fourth-order valence-corrected chi connectivity index (χ4v) is 4.93. The molecule has 1 aromatic rings. The zero-order valence-corrected chi connectivity index (χ0v) is 15.9. The monoisotopic (exact) mass is 359 g/mol. The minimum absolute atomic E-state index is 0.109. The summed E-state index contributed by atoms with van der Waals surface area (Å²) in [5, 5.41) is 8.51. The topological polar surface area (TPSA) is 71.3 Å². The molecule has 2 amide bonds. The van der Waals surface area contributed by atoms with Crippen LogP contribution in [0.5, 0.6) is 0 Å². The van der Waals surface area contributed by atoms with E-state index in [-0.39, 0.29) is 17.9 Å². The molecule has 0 aliphatic carbocycles. The van der Waals surface area contributed by atoms with Crippen molar-refractivity contribution in [2.75, 3.05) is 13.1 Å². The van der Waals surface area contributed by atoms with E-state index < -0.39 is 5.54 Å². The van der Waals surface area contributed by atoms with Gasteiger partial charge in [-0.15, -0.1) is 10.2 Å². The first-order valence-corrected chi connectivity index (χ1v) is 10.1. The number of carbonyl (C=O) groups is 2. The minimum atomic E-state index is -0.670. The quantitative estimate of drug-likeness (QED) is 0.810. The summed E-state index contributed by atoms with van der Waals surface area (Å²) < 4.78 is 1.99. The number of fused-ring (bicyclic) bond motifs is 1. The van der Waals surface area contributed by atoms with Gasteiger partial charge < -0.3 is 14.4 Å². The maximum absolute atomic E-state index is 13.4. The van der Waals surface area contributed by atoms with Crippen molar-refractivity contribution in [1.29, 1.82) is 0 Å². The SMILES string of the molecule is CC(C)N1CCCC2(CCCN2C(=O)c2nnc3n2CCCCC3)C1=O. The van der Waals surface area contributed by atoms with Gasteiger partial charge in [0, 0.05) is 32.1 Å². The molecule has 142 valence electrons. The molecule has 0 saturated carbocycles. The largest absolute Gasteiger partial charge is 0.338 e. The van der Waals surface area contributed by atoms with E-state index >= 15 is 0 Å². The van der Waals surface area contributed by atoms with Crippen molar-refractivity contribution in [1.82, 2.24) is 24.6 Å². The van der Waals surface area contributed by atoms with Crippen LogP contribution >= 0.6 is 0 Å². The van der Waals surface area contributed by atoms with Crippen LogP contribution in [0.3, 0.4) is 0 Å². The second kappa shape index (κ2) is 6.67. The Bertz CT molecular complexity index is 713. The van der Waals surface area contributed by atoms with E-state index in [4.69, 9.17) is 0 Å². The summed E-state index contributed by atoms with van der Waals surface area (Å²) in [5.41, 5.74) is -0.670. The van der Waals surface area contributed by atoms with E-state index in [2.05, 4.69) is 24.0 Å². The highest BCUT2D eigenvalue weighted by atomic mass is 16.2. The van der Waals surface area contributed by atoms with Gasteiger partial charge in [-0.25, -0.2) is 0 Å². The maximum atomic E-state index is 13.4. The van der Waals surface area contributed by atoms with E-state index in [1.54, 1.807) is 0 Å². The van der Waals surface area contributed by atoms with E-state index in [0.29, 0.717) is 12.4 Å². The number of likely N-dealkylation sites (tertiary alicyclic amines) is 2. The number of aryl methyl sites for hydroxylation is 1. The van der Waals surface area contributed by atoms with Crippen LogP contribution in [0.2, 0.25) is 0 Å². The van der Waals surface area contributed by atoms with Crippen LogP contribution in [0.15, 0.2) is 0 Å². The summed E-state index contributed by atoms with van der Waals surface area (Å²) in [6.45, 7) is 6.34. The van der Waals surface area contributed by atoms with Crippen molar-refractivity contribution in [2.45, 2.75) is 83.3 Å². The van der Waals surface area contributed by atoms with Crippen LogP contribution < -0.4 is 0 Å². The lowest BCUT2D eigenvalue weighted by molar-refractivity contribution is -0.147. The lowest BCUT2D eigenvalue weighted by Crippen LogP contribution is -2.62. The Kier molecular flexibility index (Phi) is 4.49. The molecule has 4 rings (SSSR count). The summed E-state index contributed by atoms with van der Waals surface area (Å²) >= 11 is 0. The Hall–Kier alpha value is -1.92. The molecule has 1 unspecified atom stereocenters. The van der Waals surface area contributed by atoms with Crippen LogP contribution in [-0.2, 0) is 17.8 Å². The molecule has 1 atom stereocenters. The predicted octanol–water partition coefficient (Wildman–Crippen LogP) is 2.01. The van der Waals surface area contributed by atoms with Gasteiger partial charge in [0.25, 0.3) is 5.91 Å². The average molecular weight is 359 g/mol. The molecule has 1 spiro atoms. The second-order valence-corrected chi connectivity index (χ2v) is 8.19. The standard InChI is InChI=1S/C19H29N5O2/c1-14(2)22-12-6-9-19(18(22)26)10-7-13-24(19)17(25)16-21-20-15-8-4-3-5-11-23(15)16/h14H,3-13H2,1-2H3. The van der Waals surface area contributed by atoms with Crippen LogP contribution in [0.25, 0.3) is 0 Å². The van der Waals surface area contributed by atoms with Crippen molar-refractivity contribution in [3.05, 3.63) is 11.6 Å². The number of hydrogen-bond acceptors (Lipinski definition) is 4. The highest BCUT2D eigenvalue weighted by Crippen LogP contribution is 2.39. The molecule has 0 radical (unpaired) electrons. The first kappa shape index (κ1) is 17.5. The Balaban J connectivity index is 1.66. The first-order valence-electron chi connectivity index (χ1n) is 10.1. The van der Waals surface area contributed by atoms with Crippen LogP contribution in [0.4, 0.5) is 0 Å². The summed E-state index contributed by atoms with van der Waals surface area (Å²) in [7, 11) is 0. The lowest BCUT2D eigenvalue weighted by Gasteiger charge is -2.45. The lowest BCUT2D eigenvalue weighted by atomic mass is 9.84. The highest BCUT2D eigenvalue weighted by Gasteiger charge is 2.53. The van der Waals surface area contributed by atoms with Crippen LogP contribution in [0.1, 0.15) is 75.2 Å². The smallest absolute Gasteiger partial charge is 0.292 e. The molecule has 1 aromatic heterocycles. The van der Waals surface area contributed by atoms with Crippen molar-refractivity contribution in [3.8, 4) is 0 Å². The number of amides is 2. The van der Waals surface area contributed by atoms with Gasteiger partial charge >= 0.3 is 0 Å². The van der Waals surface area contributed by atoms with E-state index in [1.165, 1.54) is 0 Å². The third kappa shape index (κ3) is 2.63. The number of rotatable bonds is 2. The van der Waals surface area contributed by atoms with Gasteiger partial charge in [0.15, 0.2) is 0 Å². The number of aromatic nitrogens is 3. The normalized spacial score (nSPS) is 26.5. The molecule has 0 bridgehead atoms. The number of carbonyl (C=O) groups excluding carboxylic acids is 2. The fourth-order valence-electron chi connectivity index (χ4n) is 4.93. The Labute approximate surface area is 154 Å². The van der Waals surface area contributed by atoms with Crippen LogP contribution in [-0.4, -0.2) is 61.0 Å². The predicted molar refractivity (Wildman–Crippen MR) is 96.7 cm³/mol. The fraction of sp³-hybridized carbons (Fsp3) is 0.789. The first-order chi connectivity index (χ1) is 12.5. The van der Waals surface area contributed by atoms with Gasteiger partial charge in [-0.05, 0) is 52.4 Å². The van der Waals surface area contributed by atoms with Gasteiger partial charge in [0.05, 0.1) is 0 Å². The summed E-state index contributed by atoms with van der Waals surface area (Å²) in [6, 6.07) is 0.168. The maximum Gasteiger partial charge on any atom is 0.292 e. The summed E-state index contributed by atoms with van der Waals surface area (Å²) in [4.78, 5) is 30.5. The molecule has 0 N–H and O–H groups in total. The van der Waals surface area contributed by atoms with Crippen molar-refractivity contribution < 1.29 is 9.59 Å². The Morgan fingerprint density at radius 3 is 2.54 bits per heavy atom. The number of hydrogen-bond donors (Lipinski definition) is 0. The summed E-state index contributed by atoms with van der Waals surface area (Å²) in [6.07, 6.45) is 7.55. The van der Waals surface area contributed by atoms with Gasteiger partial charge in [-0.2, -0.15) is 0 Å². The van der Waals surface area contributed by atoms with E-state index in [1.807, 2.05) is 14.4 Å². The molecule has 7 heteroatoms. The third-order valence-corrected chi connectivity index (χ3v) is 6.31. The van der Waals surface area contributed by atoms with Crippen molar-refractivity contribution in [2.24, 2.45) is 0 Å². The van der Waals surface area contributed by atoms with E-state index in [9.17, 15) is 9.59 Å². The molecule has 0 aromatic carbocycles. The van der Waals surface area contributed by atoms with Crippen LogP contribution in [0, 0.1) is 0 Å². The Morgan fingerprint density at radius 2 is 1.77 bits per heavy atom. The molecular formula is C19H29N5O2. The molecule has 3 aliphatic rings. The highest BCUT2D eigenvalue weighted by molar-refractivity contribution is 5.98. The third-order valence-electron chi connectivity index (χ3n) is 6.31. The molecule has 2 saturated heterocycles. The van der Waals surface area contributed by atoms with Crippen molar-refractivity contribution in [3.63, 3.8) is 0 Å². The molecule has 4 heterocycles. The molecular weight excluding hydrogens is 330 g/mol. The minimum Gasteiger partial charge on any atom is -0.338 e. The van der Waals surface area contributed by atoms with Gasteiger partial charge in [0.1, 0.15) is 11.4 Å². The van der Waals surface area contributed by atoms with Gasteiger partial charge in [-0.3, -0.25) is 9.59 Å². The molecule has 26 heavy (non-hydrogen) atoms. The summed E-state index contributed by atoms with van der Waals surface area (Å²) in [5.74, 6) is 1.36. The van der Waals surface area contributed by atoms with Gasteiger partial charge in [-0.1, -0.05) is 6.42 Å². The molecule has 2 fully saturated rings. The number of nitrogens with zero attached hydrogens (tertiary/aromatic N) is 5. The number of piperidine rings is 1. The molecule has 3 aliphatic heterocycles. The zero-order chi connectivity index (χ0) is 18.3. The second-order valence-electron chi connectivity index (χ2n) is 8.19. The molecule has 7 nitrogen and oxygen atoms in total. The zero-order valence-electron chi connectivity index (χ0n) is 15.9. The van der Waals surface area contributed by atoms with E-state index in [0.717, 1.165) is 70.3 Å². The van der Waals surface area contributed by atoms with Gasteiger partial charge in [0.2, 0.25) is 11.7 Å². The van der Waals surface area contributed by atoms with Crippen molar-refractivity contribution >= 4 is 11.8 Å². The Morgan fingerprint density at radius 1 is 1.00 bits per heavy atom. The average Bonchev–Trinajstić information content (AvgIpc) is 3.15.